The van der Waals surface area contributed by atoms with Crippen molar-refractivity contribution >= 4 is 22.6 Å². The van der Waals surface area contributed by atoms with E-state index in [0.717, 1.165) is 30.2 Å². The van der Waals surface area contributed by atoms with Crippen LogP contribution >= 0.6 is 22.6 Å². The summed E-state index contributed by atoms with van der Waals surface area (Å²) >= 11 is 2.29. The Hall–Kier alpha value is -0.880. The van der Waals surface area contributed by atoms with Crippen LogP contribution in [0, 0.1) is 3.57 Å². The van der Waals surface area contributed by atoms with Crippen LogP contribution in [0.4, 0.5) is 0 Å². The van der Waals surface area contributed by atoms with Gasteiger partial charge in [0.25, 0.3) is 0 Å². The van der Waals surface area contributed by atoms with Crippen molar-refractivity contribution in [2.24, 2.45) is 0 Å². The van der Waals surface area contributed by atoms with Gasteiger partial charge in [-0.05, 0) is 55.5 Å². The first-order chi connectivity index (χ1) is 8.94. The molecule has 0 radical (unpaired) electrons. The third kappa shape index (κ3) is 4.62. The van der Waals surface area contributed by atoms with E-state index in [1.807, 2.05) is 0 Å². The minimum atomic E-state index is 0.130. The van der Waals surface area contributed by atoms with Crippen LogP contribution < -0.4 is 5.32 Å². The number of hydrogen-bond acceptors (Lipinski definition) is 3. The first-order valence-corrected chi connectivity index (χ1v) is 7.47. The van der Waals surface area contributed by atoms with Gasteiger partial charge in [0.1, 0.15) is 0 Å². The van der Waals surface area contributed by atoms with E-state index in [2.05, 4.69) is 77.9 Å². The zero-order chi connectivity index (χ0) is 13.9. The zero-order valence-electron chi connectivity index (χ0n) is 11.5. The van der Waals surface area contributed by atoms with Gasteiger partial charge in [-0.15, -0.1) is 0 Å². The van der Waals surface area contributed by atoms with Crippen LogP contribution in [0.2, 0.25) is 0 Å². The fourth-order valence-electron chi connectivity index (χ4n) is 1.72. The molecule has 102 valence electrons. The van der Waals surface area contributed by atoms with Gasteiger partial charge in [-0.1, -0.05) is 12.1 Å². The standard InChI is InChI=1S/C15H19IN2O/c1-15(2,3)18-9-8-14-17-10-13(19-14)11-4-6-12(16)7-5-11/h4-7,10,18H,8-9H2,1-3H3. The van der Waals surface area contributed by atoms with Gasteiger partial charge >= 0.3 is 0 Å². The van der Waals surface area contributed by atoms with Crippen molar-refractivity contribution in [3.05, 3.63) is 39.9 Å². The first kappa shape index (κ1) is 14.5. The average Bonchev–Trinajstić information content (AvgIpc) is 2.77. The molecular weight excluding hydrogens is 351 g/mol. The lowest BCUT2D eigenvalue weighted by atomic mass is 10.1. The molecule has 0 spiro atoms. The SMILES string of the molecule is CC(C)(C)NCCc1ncc(-c2ccc(I)cc2)o1. The number of nitrogens with zero attached hydrogens (tertiary/aromatic N) is 1. The fraction of sp³-hybridized carbons (Fsp3) is 0.400. The second-order valence-corrected chi connectivity index (χ2v) is 6.80. The Bertz CT molecular complexity index is 526. The zero-order valence-corrected chi connectivity index (χ0v) is 13.7. The summed E-state index contributed by atoms with van der Waals surface area (Å²) in [5.74, 6) is 1.62. The van der Waals surface area contributed by atoms with Crippen molar-refractivity contribution < 1.29 is 4.42 Å². The van der Waals surface area contributed by atoms with Gasteiger partial charge in [-0.3, -0.25) is 0 Å². The molecule has 0 unspecified atom stereocenters. The maximum absolute atomic E-state index is 5.77. The van der Waals surface area contributed by atoms with Gasteiger partial charge in [0.05, 0.1) is 6.20 Å². The highest BCUT2D eigenvalue weighted by atomic mass is 127. The molecule has 0 bridgehead atoms. The molecule has 0 aliphatic carbocycles. The van der Waals surface area contributed by atoms with E-state index in [4.69, 9.17) is 4.42 Å². The van der Waals surface area contributed by atoms with Crippen molar-refractivity contribution in [3.8, 4) is 11.3 Å². The van der Waals surface area contributed by atoms with Gasteiger partial charge in [0.15, 0.2) is 11.7 Å². The minimum Gasteiger partial charge on any atom is -0.441 e. The largest absolute Gasteiger partial charge is 0.441 e. The molecule has 2 rings (SSSR count). The molecule has 4 heteroatoms. The van der Waals surface area contributed by atoms with Crippen LogP contribution in [0.15, 0.2) is 34.9 Å². The van der Waals surface area contributed by atoms with Gasteiger partial charge in [-0.25, -0.2) is 4.98 Å². The third-order valence-corrected chi connectivity index (χ3v) is 3.40. The predicted octanol–water partition coefficient (Wildman–Crippen LogP) is 3.88. The summed E-state index contributed by atoms with van der Waals surface area (Å²) in [4.78, 5) is 4.33. The van der Waals surface area contributed by atoms with Crippen LogP contribution in [0.5, 0.6) is 0 Å². The van der Waals surface area contributed by atoms with Crippen molar-refractivity contribution in [1.29, 1.82) is 0 Å². The minimum absolute atomic E-state index is 0.130. The number of nitrogens with one attached hydrogen (secondary N) is 1. The Balaban J connectivity index is 1.97. The highest BCUT2D eigenvalue weighted by Crippen LogP contribution is 2.21. The van der Waals surface area contributed by atoms with Gasteiger partial charge < -0.3 is 9.73 Å². The maximum Gasteiger partial charge on any atom is 0.196 e. The molecule has 0 aliphatic heterocycles. The Morgan fingerprint density at radius 3 is 2.53 bits per heavy atom. The molecule has 0 saturated heterocycles. The number of rotatable bonds is 4. The highest BCUT2D eigenvalue weighted by Gasteiger charge is 2.10. The molecule has 1 heterocycles. The molecule has 0 atom stereocenters. The highest BCUT2D eigenvalue weighted by molar-refractivity contribution is 14.1. The van der Waals surface area contributed by atoms with E-state index >= 15 is 0 Å². The lowest BCUT2D eigenvalue weighted by Crippen LogP contribution is -2.37. The molecule has 0 amide bonds. The Morgan fingerprint density at radius 1 is 1.21 bits per heavy atom. The van der Waals surface area contributed by atoms with E-state index in [1.165, 1.54) is 3.57 Å². The van der Waals surface area contributed by atoms with Gasteiger partial charge in [-0.2, -0.15) is 0 Å². The Morgan fingerprint density at radius 2 is 1.89 bits per heavy atom. The molecule has 0 saturated carbocycles. The van der Waals surface area contributed by atoms with E-state index < -0.39 is 0 Å². The lowest BCUT2D eigenvalue weighted by molar-refractivity contribution is 0.412. The second-order valence-electron chi connectivity index (χ2n) is 5.55. The van der Waals surface area contributed by atoms with Gasteiger partial charge in [0.2, 0.25) is 0 Å². The smallest absolute Gasteiger partial charge is 0.196 e. The van der Waals surface area contributed by atoms with Crippen LogP contribution in [0.1, 0.15) is 26.7 Å². The molecule has 1 aromatic heterocycles. The molecule has 19 heavy (non-hydrogen) atoms. The molecule has 0 fully saturated rings. The monoisotopic (exact) mass is 370 g/mol. The van der Waals surface area contributed by atoms with Crippen LogP contribution in [-0.2, 0) is 6.42 Å². The van der Waals surface area contributed by atoms with E-state index in [-0.39, 0.29) is 5.54 Å². The molecular formula is C15H19IN2O. The van der Waals surface area contributed by atoms with Crippen molar-refractivity contribution in [3.63, 3.8) is 0 Å². The molecule has 1 N–H and O–H groups in total. The maximum atomic E-state index is 5.77. The van der Waals surface area contributed by atoms with E-state index in [0.29, 0.717) is 0 Å². The number of benzene rings is 1. The summed E-state index contributed by atoms with van der Waals surface area (Å²) in [6.07, 6.45) is 2.61. The summed E-state index contributed by atoms with van der Waals surface area (Å²) in [5.41, 5.74) is 1.20. The molecule has 1 aromatic carbocycles. The summed E-state index contributed by atoms with van der Waals surface area (Å²) in [7, 11) is 0. The normalized spacial score (nSPS) is 11.8. The molecule has 3 nitrogen and oxygen atoms in total. The quantitative estimate of drug-likeness (QED) is 0.831. The van der Waals surface area contributed by atoms with Gasteiger partial charge in [0, 0.05) is 27.6 Å². The topological polar surface area (TPSA) is 38.1 Å². The Labute approximate surface area is 128 Å². The fourth-order valence-corrected chi connectivity index (χ4v) is 2.08. The van der Waals surface area contributed by atoms with Crippen molar-refractivity contribution in [2.45, 2.75) is 32.7 Å². The summed E-state index contributed by atoms with van der Waals surface area (Å²) < 4.78 is 6.99. The number of aromatic nitrogens is 1. The molecule has 0 aliphatic rings. The summed E-state index contributed by atoms with van der Waals surface area (Å²) in [5, 5.41) is 3.43. The van der Waals surface area contributed by atoms with Crippen LogP contribution in [0.3, 0.4) is 0 Å². The second kappa shape index (κ2) is 6.05. The third-order valence-electron chi connectivity index (χ3n) is 2.68. The molecule has 2 aromatic rings. The van der Waals surface area contributed by atoms with Crippen molar-refractivity contribution in [1.82, 2.24) is 10.3 Å². The van der Waals surface area contributed by atoms with E-state index in [1.54, 1.807) is 6.20 Å². The van der Waals surface area contributed by atoms with Crippen molar-refractivity contribution in [2.75, 3.05) is 6.54 Å². The lowest BCUT2D eigenvalue weighted by Gasteiger charge is -2.19. The number of halogens is 1. The summed E-state index contributed by atoms with van der Waals surface area (Å²) in [6.45, 7) is 7.33. The first-order valence-electron chi connectivity index (χ1n) is 6.40. The van der Waals surface area contributed by atoms with E-state index in [9.17, 15) is 0 Å². The number of oxazole rings is 1. The number of hydrogen-bond donors (Lipinski definition) is 1. The van der Waals surface area contributed by atoms with Crippen LogP contribution in [-0.4, -0.2) is 17.1 Å². The summed E-state index contributed by atoms with van der Waals surface area (Å²) in [6, 6.07) is 8.25. The Kier molecular flexibility index (Phi) is 4.62. The average molecular weight is 370 g/mol. The van der Waals surface area contributed by atoms with Crippen LogP contribution in [0.25, 0.3) is 11.3 Å². The predicted molar refractivity (Wildman–Crippen MR) is 86.1 cm³/mol.